The summed E-state index contributed by atoms with van der Waals surface area (Å²) in [5.74, 6) is -1.35. The molecule has 0 aliphatic heterocycles. The van der Waals surface area contributed by atoms with Crippen molar-refractivity contribution in [1.82, 2.24) is 10.6 Å². The SMILES string of the molecule is CNC(=O)NC(=O)COC(=O)c1cc(Cl)c(OC)c(Cl)c1. The van der Waals surface area contributed by atoms with Crippen molar-refractivity contribution >= 4 is 41.1 Å². The second-order valence-electron chi connectivity index (χ2n) is 3.68. The third-order valence-corrected chi connectivity index (χ3v) is 2.81. The number of amides is 3. The number of hydrogen-bond donors (Lipinski definition) is 2. The Kier molecular flexibility index (Phi) is 6.26. The van der Waals surface area contributed by atoms with Crippen LogP contribution in [0.1, 0.15) is 10.4 Å². The number of halogens is 2. The summed E-state index contributed by atoms with van der Waals surface area (Å²) in [6.45, 7) is -0.618. The summed E-state index contributed by atoms with van der Waals surface area (Å²) in [7, 11) is 2.73. The van der Waals surface area contributed by atoms with E-state index in [0.717, 1.165) is 0 Å². The molecule has 114 valence electrons. The van der Waals surface area contributed by atoms with E-state index in [2.05, 4.69) is 5.32 Å². The Hall–Kier alpha value is -1.99. The van der Waals surface area contributed by atoms with E-state index < -0.39 is 24.5 Å². The molecule has 3 amide bonds. The number of urea groups is 1. The number of hydrogen-bond acceptors (Lipinski definition) is 5. The van der Waals surface area contributed by atoms with Gasteiger partial charge in [0, 0.05) is 7.05 Å². The van der Waals surface area contributed by atoms with Gasteiger partial charge in [-0.25, -0.2) is 9.59 Å². The van der Waals surface area contributed by atoms with E-state index in [1.165, 1.54) is 26.3 Å². The lowest BCUT2D eigenvalue weighted by Gasteiger charge is -2.09. The predicted octanol–water partition coefficient (Wildman–Crippen LogP) is 1.61. The van der Waals surface area contributed by atoms with E-state index >= 15 is 0 Å². The van der Waals surface area contributed by atoms with Crippen molar-refractivity contribution in [1.29, 1.82) is 0 Å². The fourth-order valence-corrected chi connectivity index (χ4v) is 1.95. The fraction of sp³-hybridized carbons (Fsp3) is 0.250. The standard InChI is InChI=1S/C12H12Cl2N2O5/c1-15-12(19)16-9(17)5-21-11(18)6-3-7(13)10(20-2)8(14)4-6/h3-4H,5H2,1-2H3,(H2,15,16,17,19). The molecular weight excluding hydrogens is 323 g/mol. The molecule has 0 saturated carbocycles. The predicted molar refractivity (Wildman–Crippen MR) is 75.9 cm³/mol. The van der Waals surface area contributed by atoms with E-state index in [9.17, 15) is 14.4 Å². The Morgan fingerprint density at radius 2 is 1.76 bits per heavy atom. The first-order chi connectivity index (χ1) is 9.88. The number of nitrogens with one attached hydrogen (secondary N) is 2. The molecule has 1 aromatic rings. The van der Waals surface area contributed by atoms with Gasteiger partial charge < -0.3 is 14.8 Å². The number of imide groups is 1. The summed E-state index contributed by atoms with van der Waals surface area (Å²) in [4.78, 5) is 33.9. The Morgan fingerprint density at radius 3 is 2.24 bits per heavy atom. The van der Waals surface area contributed by atoms with Crippen LogP contribution in [-0.4, -0.2) is 38.7 Å². The summed E-state index contributed by atoms with van der Waals surface area (Å²) in [6, 6.07) is 1.89. The first-order valence-corrected chi connectivity index (χ1v) is 6.36. The van der Waals surface area contributed by atoms with Gasteiger partial charge in [0.05, 0.1) is 22.7 Å². The van der Waals surface area contributed by atoms with Gasteiger partial charge in [-0.05, 0) is 12.1 Å². The van der Waals surface area contributed by atoms with Crippen LogP contribution in [0.5, 0.6) is 5.75 Å². The van der Waals surface area contributed by atoms with Crippen LogP contribution in [0, 0.1) is 0 Å². The van der Waals surface area contributed by atoms with Crippen molar-refractivity contribution in [2.75, 3.05) is 20.8 Å². The molecule has 0 aromatic heterocycles. The van der Waals surface area contributed by atoms with Crippen LogP contribution in [0.3, 0.4) is 0 Å². The summed E-state index contributed by atoms with van der Waals surface area (Å²) in [5, 5.41) is 4.38. The number of carbonyl (C=O) groups is 3. The van der Waals surface area contributed by atoms with Gasteiger partial charge in [-0.3, -0.25) is 10.1 Å². The van der Waals surface area contributed by atoms with Crippen molar-refractivity contribution in [2.45, 2.75) is 0 Å². The van der Waals surface area contributed by atoms with Crippen LogP contribution in [0.2, 0.25) is 10.0 Å². The third kappa shape index (κ3) is 4.80. The Morgan fingerprint density at radius 1 is 1.19 bits per heavy atom. The van der Waals surface area contributed by atoms with Crippen LogP contribution in [0.15, 0.2) is 12.1 Å². The number of methoxy groups -OCH3 is 1. The zero-order valence-corrected chi connectivity index (χ0v) is 12.7. The summed E-state index contributed by atoms with van der Waals surface area (Å²) in [6.07, 6.45) is 0. The van der Waals surface area contributed by atoms with Gasteiger partial charge in [0.25, 0.3) is 5.91 Å². The van der Waals surface area contributed by atoms with E-state index in [-0.39, 0.29) is 21.4 Å². The lowest BCUT2D eigenvalue weighted by atomic mass is 10.2. The molecule has 0 spiro atoms. The highest BCUT2D eigenvalue weighted by Gasteiger charge is 2.16. The lowest BCUT2D eigenvalue weighted by molar-refractivity contribution is -0.123. The molecule has 0 saturated heterocycles. The monoisotopic (exact) mass is 334 g/mol. The van der Waals surface area contributed by atoms with Crippen molar-refractivity contribution in [3.8, 4) is 5.75 Å². The van der Waals surface area contributed by atoms with Crippen LogP contribution in [0.4, 0.5) is 4.79 Å². The number of ether oxygens (including phenoxy) is 2. The highest BCUT2D eigenvalue weighted by molar-refractivity contribution is 6.37. The summed E-state index contributed by atoms with van der Waals surface area (Å²) < 4.78 is 9.67. The maximum absolute atomic E-state index is 11.7. The number of carbonyl (C=O) groups excluding carboxylic acids is 3. The van der Waals surface area contributed by atoms with Crippen molar-refractivity contribution < 1.29 is 23.9 Å². The Labute approximate surface area is 130 Å². The molecule has 1 aromatic carbocycles. The summed E-state index contributed by atoms with van der Waals surface area (Å²) in [5.41, 5.74) is 0.0542. The minimum atomic E-state index is -0.812. The fourth-order valence-electron chi connectivity index (χ4n) is 1.31. The first-order valence-electron chi connectivity index (χ1n) is 5.60. The minimum Gasteiger partial charge on any atom is -0.494 e. The quantitative estimate of drug-likeness (QED) is 0.816. The largest absolute Gasteiger partial charge is 0.494 e. The van der Waals surface area contributed by atoms with Gasteiger partial charge in [-0.15, -0.1) is 0 Å². The van der Waals surface area contributed by atoms with E-state index in [0.29, 0.717) is 0 Å². The molecule has 9 heteroatoms. The highest BCUT2D eigenvalue weighted by atomic mass is 35.5. The highest BCUT2D eigenvalue weighted by Crippen LogP contribution is 2.33. The van der Waals surface area contributed by atoms with Gasteiger partial charge in [0.2, 0.25) is 0 Å². The zero-order chi connectivity index (χ0) is 16.0. The average molecular weight is 335 g/mol. The lowest BCUT2D eigenvalue weighted by Crippen LogP contribution is -2.39. The van der Waals surface area contributed by atoms with E-state index in [4.69, 9.17) is 32.7 Å². The molecule has 0 radical (unpaired) electrons. The van der Waals surface area contributed by atoms with Crippen molar-refractivity contribution in [3.63, 3.8) is 0 Å². The van der Waals surface area contributed by atoms with Crippen LogP contribution in [0.25, 0.3) is 0 Å². The average Bonchev–Trinajstić information content (AvgIpc) is 2.44. The van der Waals surface area contributed by atoms with Crippen molar-refractivity contribution in [3.05, 3.63) is 27.7 Å². The molecule has 0 fully saturated rings. The molecule has 0 heterocycles. The second kappa shape index (κ2) is 7.70. The second-order valence-corrected chi connectivity index (χ2v) is 4.49. The molecule has 1 rings (SSSR count). The van der Waals surface area contributed by atoms with Crippen molar-refractivity contribution in [2.24, 2.45) is 0 Å². The van der Waals surface area contributed by atoms with Gasteiger partial charge in [0.1, 0.15) is 0 Å². The zero-order valence-electron chi connectivity index (χ0n) is 11.2. The topological polar surface area (TPSA) is 93.7 Å². The number of rotatable bonds is 4. The molecule has 0 aliphatic carbocycles. The van der Waals surface area contributed by atoms with Gasteiger partial charge >= 0.3 is 12.0 Å². The minimum absolute atomic E-state index is 0.0542. The molecule has 0 unspecified atom stereocenters. The van der Waals surface area contributed by atoms with Gasteiger partial charge in [-0.1, -0.05) is 23.2 Å². The molecule has 0 aliphatic rings. The third-order valence-electron chi connectivity index (χ3n) is 2.25. The Balaban J connectivity index is 2.68. The number of esters is 1. The maximum Gasteiger partial charge on any atom is 0.338 e. The molecule has 21 heavy (non-hydrogen) atoms. The maximum atomic E-state index is 11.7. The molecule has 0 bridgehead atoms. The Bertz CT molecular complexity index is 554. The molecule has 2 N–H and O–H groups in total. The number of benzene rings is 1. The normalized spacial score (nSPS) is 9.71. The molecule has 7 nitrogen and oxygen atoms in total. The first kappa shape index (κ1) is 17.1. The molecule has 0 atom stereocenters. The van der Waals surface area contributed by atoms with Crippen LogP contribution < -0.4 is 15.4 Å². The smallest absolute Gasteiger partial charge is 0.338 e. The van der Waals surface area contributed by atoms with Gasteiger partial charge in [0.15, 0.2) is 12.4 Å². The van der Waals surface area contributed by atoms with Gasteiger partial charge in [-0.2, -0.15) is 0 Å². The molecular formula is C12H12Cl2N2O5. The van der Waals surface area contributed by atoms with E-state index in [1.807, 2.05) is 5.32 Å². The van der Waals surface area contributed by atoms with Crippen LogP contribution in [-0.2, 0) is 9.53 Å². The van der Waals surface area contributed by atoms with Crippen LogP contribution >= 0.6 is 23.2 Å². The van der Waals surface area contributed by atoms with E-state index in [1.54, 1.807) is 0 Å². The summed E-state index contributed by atoms with van der Waals surface area (Å²) >= 11 is 11.8.